The van der Waals surface area contributed by atoms with Crippen LogP contribution in [0.15, 0.2) is 22.7 Å². The number of nitrogens with one attached hydrogen (secondary N) is 2. The SMILES string of the molecule is O=C(NC1C2CNCC21)c1ccc(Br)cc1C(F)(F)F. The van der Waals surface area contributed by atoms with Gasteiger partial charge in [-0.25, -0.2) is 0 Å². The number of alkyl halides is 3. The minimum absolute atomic E-state index is 0.00785. The quantitative estimate of drug-likeness (QED) is 0.861. The second-order valence-corrected chi connectivity index (χ2v) is 6.09. The number of benzene rings is 1. The van der Waals surface area contributed by atoms with E-state index in [1.807, 2.05) is 0 Å². The summed E-state index contributed by atoms with van der Waals surface area (Å²) in [5, 5.41) is 5.88. The van der Waals surface area contributed by atoms with Crippen molar-refractivity contribution in [2.24, 2.45) is 11.8 Å². The molecule has 1 amide bonds. The molecule has 1 saturated heterocycles. The largest absolute Gasteiger partial charge is 0.417 e. The van der Waals surface area contributed by atoms with Crippen LogP contribution in [0, 0.1) is 11.8 Å². The minimum atomic E-state index is -4.54. The van der Waals surface area contributed by atoms with Crippen LogP contribution >= 0.6 is 15.9 Å². The molecule has 1 aliphatic carbocycles. The van der Waals surface area contributed by atoms with Gasteiger partial charge in [0.15, 0.2) is 0 Å². The highest BCUT2D eigenvalue weighted by molar-refractivity contribution is 9.10. The second-order valence-electron chi connectivity index (χ2n) is 5.17. The molecule has 2 aliphatic rings. The van der Waals surface area contributed by atoms with Crippen LogP contribution in [0.3, 0.4) is 0 Å². The van der Waals surface area contributed by atoms with Crippen molar-refractivity contribution in [2.45, 2.75) is 12.2 Å². The molecule has 0 radical (unpaired) electrons. The molecular weight excluding hydrogens is 337 g/mol. The van der Waals surface area contributed by atoms with Gasteiger partial charge in [-0.2, -0.15) is 13.2 Å². The summed E-state index contributed by atoms with van der Waals surface area (Å²) in [5.41, 5.74) is -1.23. The molecule has 0 bridgehead atoms. The molecule has 2 atom stereocenters. The first-order valence-corrected chi connectivity index (χ1v) is 7.05. The van der Waals surface area contributed by atoms with Gasteiger partial charge < -0.3 is 10.6 Å². The Morgan fingerprint density at radius 2 is 1.95 bits per heavy atom. The molecule has 2 unspecified atom stereocenters. The van der Waals surface area contributed by atoms with Gasteiger partial charge in [0.1, 0.15) is 0 Å². The molecule has 1 heterocycles. The molecule has 20 heavy (non-hydrogen) atoms. The predicted octanol–water partition coefficient (Wildman–Crippen LogP) is 2.42. The van der Waals surface area contributed by atoms with E-state index in [4.69, 9.17) is 0 Å². The number of carbonyl (C=O) groups excluding carboxylic acids is 1. The first kappa shape index (κ1) is 13.9. The molecule has 108 valence electrons. The van der Waals surface area contributed by atoms with Gasteiger partial charge in [-0.1, -0.05) is 15.9 Å². The van der Waals surface area contributed by atoms with E-state index in [2.05, 4.69) is 26.6 Å². The Hall–Kier alpha value is -1.08. The van der Waals surface area contributed by atoms with Crippen LogP contribution in [0.2, 0.25) is 0 Å². The van der Waals surface area contributed by atoms with E-state index in [0.29, 0.717) is 16.3 Å². The molecule has 0 aromatic heterocycles. The maximum atomic E-state index is 13.0. The lowest BCUT2D eigenvalue weighted by Gasteiger charge is -2.14. The molecule has 1 aromatic rings. The predicted molar refractivity (Wildman–Crippen MR) is 70.2 cm³/mol. The third kappa shape index (κ3) is 2.44. The fraction of sp³-hybridized carbons (Fsp3) is 0.462. The number of halogens is 4. The number of rotatable bonds is 2. The Morgan fingerprint density at radius 3 is 2.55 bits per heavy atom. The van der Waals surface area contributed by atoms with Crippen molar-refractivity contribution in [3.05, 3.63) is 33.8 Å². The average molecular weight is 349 g/mol. The van der Waals surface area contributed by atoms with Gasteiger partial charge in [0.05, 0.1) is 11.1 Å². The zero-order valence-electron chi connectivity index (χ0n) is 10.3. The lowest BCUT2D eigenvalue weighted by molar-refractivity contribution is -0.138. The maximum absolute atomic E-state index is 13.0. The Kier molecular flexibility index (Phi) is 3.29. The molecule has 0 spiro atoms. The monoisotopic (exact) mass is 348 g/mol. The molecule has 1 aliphatic heterocycles. The Labute approximate surface area is 122 Å². The lowest BCUT2D eigenvalue weighted by Crippen LogP contribution is -2.33. The van der Waals surface area contributed by atoms with Crippen molar-refractivity contribution < 1.29 is 18.0 Å². The molecule has 2 N–H and O–H groups in total. The van der Waals surface area contributed by atoms with Gasteiger partial charge >= 0.3 is 6.18 Å². The highest BCUT2D eigenvalue weighted by Crippen LogP contribution is 2.42. The van der Waals surface area contributed by atoms with Crippen molar-refractivity contribution in [2.75, 3.05) is 13.1 Å². The lowest BCUT2D eigenvalue weighted by atomic mass is 10.1. The van der Waals surface area contributed by atoms with Crippen LogP contribution in [0.25, 0.3) is 0 Å². The van der Waals surface area contributed by atoms with Gasteiger partial charge in [0.2, 0.25) is 0 Å². The summed E-state index contributed by atoms with van der Waals surface area (Å²) in [6.45, 7) is 1.64. The van der Waals surface area contributed by atoms with E-state index in [9.17, 15) is 18.0 Å². The van der Waals surface area contributed by atoms with Gasteiger partial charge in [-0.05, 0) is 30.0 Å². The Morgan fingerprint density at radius 1 is 1.30 bits per heavy atom. The zero-order valence-corrected chi connectivity index (χ0v) is 11.9. The molecule has 1 saturated carbocycles. The topological polar surface area (TPSA) is 41.1 Å². The molecule has 1 aromatic carbocycles. The van der Waals surface area contributed by atoms with E-state index in [-0.39, 0.29) is 11.6 Å². The highest BCUT2D eigenvalue weighted by atomic mass is 79.9. The normalized spacial score (nSPS) is 28.1. The maximum Gasteiger partial charge on any atom is 0.417 e. The summed E-state index contributed by atoms with van der Waals surface area (Å²) in [5.74, 6) is 0.0803. The molecule has 3 rings (SSSR count). The summed E-state index contributed by atoms with van der Waals surface area (Å²) in [4.78, 5) is 12.1. The zero-order chi connectivity index (χ0) is 14.5. The Bertz CT molecular complexity index is 551. The summed E-state index contributed by atoms with van der Waals surface area (Å²) < 4.78 is 39.2. The van der Waals surface area contributed by atoms with E-state index in [1.165, 1.54) is 12.1 Å². The average Bonchev–Trinajstić information content (AvgIpc) is 2.82. The van der Waals surface area contributed by atoms with E-state index >= 15 is 0 Å². The molecule has 2 fully saturated rings. The number of hydrogen-bond donors (Lipinski definition) is 2. The van der Waals surface area contributed by atoms with Crippen LogP contribution in [0.5, 0.6) is 0 Å². The molecular formula is C13H12BrF3N2O. The van der Waals surface area contributed by atoms with E-state index < -0.39 is 17.6 Å². The number of amides is 1. The van der Waals surface area contributed by atoms with Crippen LogP contribution < -0.4 is 10.6 Å². The van der Waals surface area contributed by atoms with Gasteiger partial charge in [0, 0.05) is 23.6 Å². The summed E-state index contributed by atoms with van der Waals surface area (Å²) in [7, 11) is 0. The van der Waals surface area contributed by atoms with E-state index in [0.717, 1.165) is 19.2 Å². The Balaban J connectivity index is 1.81. The van der Waals surface area contributed by atoms with Crippen LogP contribution in [0.1, 0.15) is 15.9 Å². The summed E-state index contributed by atoms with van der Waals surface area (Å²) in [6.07, 6.45) is -4.54. The van der Waals surface area contributed by atoms with E-state index in [1.54, 1.807) is 0 Å². The smallest absolute Gasteiger partial charge is 0.349 e. The highest BCUT2D eigenvalue weighted by Gasteiger charge is 2.53. The number of fused-ring (bicyclic) bond motifs is 1. The van der Waals surface area contributed by atoms with Crippen molar-refractivity contribution in [1.82, 2.24) is 10.6 Å². The molecule has 7 heteroatoms. The van der Waals surface area contributed by atoms with Crippen LogP contribution in [-0.4, -0.2) is 25.0 Å². The second kappa shape index (κ2) is 4.73. The summed E-state index contributed by atoms with van der Waals surface area (Å²) in [6, 6.07) is 3.59. The molecule has 3 nitrogen and oxygen atoms in total. The third-order valence-electron chi connectivity index (χ3n) is 3.92. The third-order valence-corrected chi connectivity index (χ3v) is 4.41. The van der Waals surface area contributed by atoms with Gasteiger partial charge in [-0.3, -0.25) is 4.79 Å². The fourth-order valence-corrected chi connectivity index (χ4v) is 3.17. The van der Waals surface area contributed by atoms with Crippen molar-refractivity contribution >= 4 is 21.8 Å². The van der Waals surface area contributed by atoms with Crippen molar-refractivity contribution in [3.63, 3.8) is 0 Å². The summed E-state index contributed by atoms with van der Waals surface area (Å²) >= 11 is 3.00. The number of hydrogen-bond acceptors (Lipinski definition) is 2. The van der Waals surface area contributed by atoms with Crippen LogP contribution in [0.4, 0.5) is 13.2 Å². The van der Waals surface area contributed by atoms with Crippen LogP contribution in [-0.2, 0) is 6.18 Å². The standard InChI is InChI=1S/C13H12BrF3N2O/c14-6-1-2-7(10(3-6)13(15,16)17)12(20)19-11-8-4-18-5-9(8)11/h1-3,8-9,11,18H,4-5H2,(H,19,20). The first-order valence-electron chi connectivity index (χ1n) is 6.26. The van der Waals surface area contributed by atoms with Crippen molar-refractivity contribution in [1.29, 1.82) is 0 Å². The van der Waals surface area contributed by atoms with Crippen molar-refractivity contribution in [3.8, 4) is 0 Å². The first-order chi connectivity index (χ1) is 9.38. The minimum Gasteiger partial charge on any atom is -0.349 e. The van der Waals surface area contributed by atoms with Gasteiger partial charge in [0.25, 0.3) is 5.91 Å². The van der Waals surface area contributed by atoms with Gasteiger partial charge in [-0.15, -0.1) is 0 Å². The number of piperidine rings is 1. The number of carbonyl (C=O) groups is 1. The fourth-order valence-electron chi connectivity index (χ4n) is 2.81.